The Balaban J connectivity index is 2.45. The minimum Gasteiger partial charge on any atom is -0.260 e. The smallest absolute Gasteiger partial charge is 0.200 e. The van der Waals surface area contributed by atoms with Crippen LogP contribution in [0.4, 0.5) is 22.0 Å². The highest BCUT2D eigenvalue weighted by Crippen LogP contribution is 2.26. The highest BCUT2D eigenvalue weighted by atomic mass is 32.2. The van der Waals surface area contributed by atoms with E-state index in [1.807, 2.05) is 0 Å². The molecule has 106 valence electrons. The van der Waals surface area contributed by atoms with E-state index >= 15 is 0 Å². The summed E-state index contributed by atoms with van der Waals surface area (Å²) in [6, 6.07) is 4.52. The molecule has 0 radical (unpaired) electrons. The average Bonchev–Trinajstić information content (AvgIpc) is 2.44. The van der Waals surface area contributed by atoms with Gasteiger partial charge in [-0.15, -0.1) is 0 Å². The first kappa shape index (κ1) is 14.6. The topological polar surface area (TPSA) is 30.0 Å². The summed E-state index contributed by atoms with van der Waals surface area (Å²) in [5, 5.41) is 0. The van der Waals surface area contributed by atoms with Crippen molar-refractivity contribution in [3.8, 4) is 0 Å². The van der Waals surface area contributed by atoms with Crippen molar-refractivity contribution in [2.45, 2.75) is 10.6 Å². The number of hydrogen-bond acceptors (Lipinski definition) is 2. The van der Waals surface area contributed by atoms with Gasteiger partial charge in [-0.25, -0.2) is 22.0 Å². The number of hydrogen-bond donors (Lipinski definition) is 0. The largest absolute Gasteiger partial charge is 0.260 e. The summed E-state index contributed by atoms with van der Waals surface area (Å²) >= 11 is 0. The minimum atomic E-state index is -2.45. The lowest BCUT2D eigenvalue weighted by molar-refractivity contribution is 0.359. The van der Waals surface area contributed by atoms with Crippen LogP contribution >= 0.6 is 0 Å². The third-order valence-corrected chi connectivity index (χ3v) is 3.77. The fraction of sp³-hybridized carbons (Fsp3) is 0.0833. The third kappa shape index (κ3) is 2.55. The van der Waals surface area contributed by atoms with Crippen molar-refractivity contribution in [1.82, 2.24) is 4.98 Å². The second-order valence-corrected chi connectivity index (χ2v) is 5.10. The third-order valence-electron chi connectivity index (χ3n) is 2.40. The fourth-order valence-electron chi connectivity index (χ4n) is 1.47. The molecule has 0 aliphatic carbocycles. The van der Waals surface area contributed by atoms with Gasteiger partial charge in [0, 0.05) is 6.20 Å². The maximum absolute atomic E-state index is 13.4. The van der Waals surface area contributed by atoms with Gasteiger partial charge in [-0.2, -0.15) is 0 Å². The van der Waals surface area contributed by atoms with E-state index in [-0.39, 0.29) is 5.69 Å². The molecule has 2 nitrogen and oxygen atoms in total. The van der Waals surface area contributed by atoms with Crippen LogP contribution in [-0.2, 0) is 16.6 Å². The number of rotatable bonds is 3. The van der Waals surface area contributed by atoms with Gasteiger partial charge in [-0.1, -0.05) is 6.07 Å². The summed E-state index contributed by atoms with van der Waals surface area (Å²) in [5.41, 5.74) is 0.203. The van der Waals surface area contributed by atoms with Crippen LogP contribution < -0.4 is 0 Å². The molecule has 1 heterocycles. The molecular formula is C12H6F5NOS. The average molecular weight is 307 g/mol. The van der Waals surface area contributed by atoms with E-state index in [0.717, 1.165) is 0 Å². The van der Waals surface area contributed by atoms with E-state index in [9.17, 15) is 26.2 Å². The van der Waals surface area contributed by atoms with Crippen molar-refractivity contribution in [1.29, 1.82) is 0 Å². The van der Waals surface area contributed by atoms with Gasteiger partial charge in [0.25, 0.3) is 0 Å². The molecule has 0 saturated carbocycles. The molecule has 0 aliphatic rings. The van der Waals surface area contributed by atoms with E-state index in [4.69, 9.17) is 0 Å². The first-order valence-electron chi connectivity index (χ1n) is 5.23. The fourth-order valence-corrected chi connectivity index (χ4v) is 2.64. The van der Waals surface area contributed by atoms with Gasteiger partial charge >= 0.3 is 0 Å². The number of benzene rings is 1. The lowest BCUT2D eigenvalue weighted by Crippen LogP contribution is -2.10. The number of nitrogens with zero attached hydrogens (tertiary/aromatic N) is 1. The Morgan fingerprint density at radius 1 is 0.900 bits per heavy atom. The van der Waals surface area contributed by atoms with Crippen molar-refractivity contribution < 1.29 is 26.2 Å². The van der Waals surface area contributed by atoms with Crippen molar-refractivity contribution in [3.05, 3.63) is 59.2 Å². The molecule has 1 aromatic heterocycles. The molecule has 1 unspecified atom stereocenters. The number of halogens is 5. The first-order valence-corrected chi connectivity index (χ1v) is 6.55. The molecule has 8 heteroatoms. The van der Waals surface area contributed by atoms with Gasteiger partial charge in [-0.05, 0) is 12.1 Å². The molecule has 2 rings (SSSR count). The molecule has 0 fully saturated rings. The predicted molar refractivity (Wildman–Crippen MR) is 60.6 cm³/mol. The highest BCUT2D eigenvalue weighted by Gasteiger charge is 2.29. The summed E-state index contributed by atoms with van der Waals surface area (Å²) in [4.78, 5) is 2.43. The standard InChI is InChI=1S/C12H6F5NOS/c13-7-8(14)10(16)12(11(17)9(7)15)20(19)5-6-3-1-2-4-18-6/h1-4H,5H2. The summed E-state index contributed by atoms with van der Waals surface area (Å²) in [5.74, 6) is -11.1. The van der Waals surface area contributed by atoms with Crippen molar-refractivity contribution in [3.63, 3.8) is 0 Å². The number of aromatic nitrogens is 1. The minimum absolute atomic E-state index is 0.203. The van der Waals surface area contributed by atoms with Crippen LogP contribution in [-0.4, -0.2) is 9.19 Å². The van der Waals surface area contributed by atoms with Gasteiger partial charge in [0.05, 0.1) is 22.2 Å². The quantitative estimate of drug-likeness (QED) is 0.495. The van der Waals surface area contributed by atoms with Crippen LogP contribution in [0.5, 0.6) is 0 Å². The maximum atomic E-state index is 13.4. The molecule has 1 aromatic carbocycles. The van der Waals surface area contributed by atoms with Crippen LogP contribution in [0.1, 0.15) is 5.69 Å². The normalized spacial score (nSPS) is 12.4. The molecule has 2 aromatic rings. The maximum Gasteiger partial charge on any atom is 0.200 e. The van der Waals surface area contributed by atoms with E-state index < -0.39 is 50.5 Å². The zero-order valence-corrected chi connectivity index (χ0v) is 10.5. The van der Waals surface area contributed by atoms with E-state index in [1.165, 1.54) is 18.3 Å². The van der Waals surface area contributed by atoms with Crippen LogP contribution in [0.3, 0.4) is 0 Å². The molecule has 1 atom stereocenters. The lowest BCUT2D eigenvalue weighted by atomic mass is 10.3. The van der Waals surface area contributed by atoms with Crippen molar-refractivity contribution in [2.75, 3.05) is 0 Å². The molecule has 0 aliphatic heterocycles. The van der Waals surface area contributed by atoms with Crippen LogP contribution in [0.15, 0.2) is 29.3 Å². The molecule has 20 heavy (non-hydrogen) atoms. The van der Waals surface area contributed by atoms with Crippen molar-refractivity contribution in [2.24, 2.45) is 0 Å². The van der Waals surface area contributed by atoms with Crippen LogP contribution in [0, 0.1) is 29.1 Å². The Morgan fingerprint density at radius 2 is 1.45 bits per heavy atom. The molecular weight excluding hydrogens is 301 g/mol. The zero-order chi connectivity index (χ0) is 14.9. The second kappa shape index (κ2) is 5.66. The van der Waals surface area contributed by atoms with Crippen molar-refractivity contribution >= 4 is 10.8 Å². The summed E-state index contributed by atoms with van der Waals surface area (Å²) in [6.07, 6.45) is 1.35. The zero-order valence-electron chi connectivity index (χ0n) is 9.67. The Hall–Kier alpha value is -1.83. The van der Waals surface area contributed by atoms with Gasteiger partial charge in [0.2, 0.25) is 5.82 Å². The molecule has 0 saturated heterocycles. The first-order chi connectivity index (χ1) is 9.43. The predicted octanol–water partition coefficient (Wildman–Crippen LogP) is 3.08. The van der Waals surface area contributed by atoms with E-state index in [2.05, 4.69) is 4.98 Å². The Bertz CT molecular complexity index is 648. The summed E-state index contributed by atoms with van der Waals surface area (Å²) in [7, 11) is -2.45. The molecule has 0 spiro atoms. The number of pyridine rings is 1. The van der Waals surface area contributed by atoms with Crippen LogP contribution in [0.25, 0.3) is 0 Å². The Kier molecular flexibility index (Phi) is 4.12. The lowest BCUT2D eigenvalue weighted by Gasteiger charge is -2.07. The second-order valence-electron chi connectivity index (χ2n) is 3.71. The highest BCUT2D eigenvalue weighted by molar-refractivity contribution is 7.84. The SMILES string of the molecule is O=S(Cc1ccccn1)c1c(F)c(F)c(F)c(F)c1F. The summed E-state index contributed by atoms with van der Waals surface area (Å²) in [6.45, 7) is 0. The molecule has 0 amide bonds. The van der Waals surface area contributed by atoms with Gasteiger partial charge in [0.15, 0.2) is 23.3 Å². The van der Waals surface area contributed by atoms with E-state index in [0.29, 0.717) is 0 Å². The van der Waals surface area contributed by atoms with E-state index in [1.54, 1.807) is 6.07 Å². The van der Waals surface area contributed by atoms with Gasteiger partial charge in [0.1, 0.15) is 4.90 Å². The molecule has 0 N–H and O–H groups in total. The monoisotopic (exact) mass is 307 g/mol. The summed E-state index contributed by atoms with van der Waals surface area (Å²) < 4.78 is 77.5. The van der Waals surface area contributed by atoms with Crippen LogP contribution in [0.2, 0.25) is 0 Å². The molecule has 0 bridgehead atoms. The van der Waals surface area contributed by atoms with Gasteiger partial charge in [-0.3, -0.25) is 9.19 Å². The Labute approximate surface area is 112 Å². The Morgan fingerprint density at radius 3 is 1.95 bits per heavy atom. The van der Waals surface area contributed by atoms with Gasteiger partial charge < -0.3 is 0 Å².